The summed E-state index contributed by atoms with van der Waals surface area (Å²) in [6, 6.07) is 8.25. The monoisotopic (exact) mass is 364 g/mol. The molecule has 0 aliphatic carbocycles. The van der Waals surface area contributed by atoms with Crippen LogP contribution < -0.4 is 9.64 Å². The van der Waals surface area contributed by atoms with Crippen molar-refractivity contribution in [3.05, 3.63) is 54.6 Å². The smallest absolute Gasteiger partial charge is 0.225 e. The minimum atomic E-state index is 0.820. The van der Waals surface area contributed by atoms with Gasteiger partial charge in [-0.3, -0.25) is 9.58 Å². The lowest BCUT2D eigenvalue weighted by Gasteiger charge is -2.34. The Hall–Kier alpha value is -2.93. The molecule has 0 N–H and O–H groups in total. The number of nitrogens with zero attached hydrogens (tertiary/aromatic N) is 6. The fourth-order valence-electron chi connectivity index (χ4n) is 3.46. The van der Waals surface area contributed by atoms with Crippen molar-refractivity contribution >= 4 is 5.95 Å². The normalized spacial score (nSPS) is 15.1. The zero-order valence-electron chi connectivity index (χ0n) is 15.7. The maximum Gasteiger partial charge on any atom is 0.225 e. The third-order valence-corrected chi connectivity index (χ3v) is 4.89. The standard InChI is InChI=1S/C20H24N6O/c1-24-15-17(13-23-24)18-12-16(4-5-19(18)27-2)14-25-8-10-26(11-9-25)20-21-6-3-7-22-20/h3-7,12-13,15H,8-11,14H2,1-2H3. The molecule has 27 heavy (non-hydrogen) atoms. The molecule has 1 saturated heterocycles. The summed E-state index contributed by atoms with van der Waals surface area (Å²) in [7, 11) is 3.63. The Labute approximate surface area is 159 Å². The summed E-state index contributed by atoms with van der Waals surface area (Å²) in [6.45, 7) is 4.78. The van der Waals surface area contributed by atoms with Gasteiger partial charge >= 0.3 is 0 Å². The molecule has 1 aromatic carbocycles. The van der Waals surface area contributed by atoms with E-state index in [4.69, 9.17) is 4.74 Å². The predicted octanol–water partition coefficient (Wildman–Crippen LogP) is 2.21. The van der Waals surface area contributed by atoms with Gasteiger partial charge in [0.2, 0.25) is 5.95 Å². The SMILES string of the molecule is COc1ccc(CN2CCN(c3ncccn3)CC2)cc1-c1cnn(C)c1. The van der Waals surface area contributed by atoms with Gasteiger partial charge in [-0.2, -0.15) is 5.10 Å². The molecule has 0 saturated carbocycles. The largest absolute Gasteiger partial charge is 0.496 e. The van der Waals surface area contributed by atoms with Crippen LogP contribution in [0.2, 0.25) is 0 Å². The minimum absolute atomic E-state index is 0.820. The lowest BCUT2D eigenvalue weighted by Crippen LogP contribution is -2.46. The maximum atomic E-state index is 5.55. The van der Waals surface area contributed by atoms with Crippen LogP contribution in [0.25, 0.3) is 11.1 Å². The maximum absolute atomic E-state index is 5.55. The molecule has 3 heterocycles. The Kier molecular flexibility index (Phi) is 5.02. The van der Waals surface area contributed by atoms with Crippen LogP contribution in [-0.2, 0) is 13.6 Å². The summed E-state index contributed by atoms with van der Waals surface area (Å²) in [5, 5.41) is 4.28. The number of hydrogen-bond donors (Lipinski definition) is 0. The average molecular weight is 364 g/mol. The highest BCUT2D eigenvalue weighted by molar-refractivity contribution is 5.70. The van der Waals surface area contributed by atoms with E-state index in [0.29, 0.717) is 0 Å². The second kappa shape index (κ2) is 7.75. The number of ether oxygens (including phenoxy) is 1. The Morgan fingerprint density at radius 1 is 1.07 bits per heavy atom. The van der Waals surface area contributed by atoms with Gasteiger partial charge in [0.15, 0.2) is 0 Å². The highest BCUT2D eigenvalue weighted by Crippen LogP contribution is 2.31. The van der Waals surface area contributed by atoms with Crippen molar-refractivity contribution < 1.29 is 4.74 Å². The lowest BCUT2D eigenvalue weighted by atomic mass is 10.0. The van der Waals surface area contributed by atoms with Gasteiger partial charge in [0.25, 0.3) is 0 Å². The molecule has 7 heteroatoms. The second-order valence-electron chi connectivity index (χ2n) is 6.75. The third kappa shape index (κ3) is 3.93. The van der Waals surface area contributed by atoms with E-state index in [9.17, 15) is 0 Å². The van der Waals surface area contributed by atoms with Crippen LogP contribution in [0.1, 0.15) is 5.56 Å². The second-order valence-corrected chi connectivity index (χ2v) is 6.75. The lowest BCUT2D eigenvalue weighted by molar-refractivity contribution is 0.248. The number of benzene rings is 1. The summed E-state index contributed by atoms with van der Waals surface area (Å²) in [5.41, 5.74) is 3.43. The van der Waals surface area contributed by atoms with Crippen LogP contribution in [0.4, 0.5) is 5.95 Å². The average Bonchev–Trinajstić information content (AvgIpc) is 3.15. The van der Waals surface area contributed by atoms with Crippen LogP contribution in [0, 0.1) is 0 Å². The fraction of sp³-hybridized carbons (Fsp3) is 0.350. The Bertz CT molecular complexity index is 886. The first kappa shape index (κ1) is 17.5. The van der Waals surface area contributed by atoms with Gasteiger partial charge in [-0.15, -0.1) is 0 Å². The number of rotatable bonds is 5. The molecule has 3 aromatic rings. The van der Waals surface area contributed by atoms with Crippen molar-refractivity contribution in [3.8, 4) is 16.9 Å². The molecule has 0 bridgehead atoms. The molecular formula is C20H24N6O. The number of aryl methyl sites for hydroxylation is 1. The molecule has 1 aliphatic rings. The molecule has 7 nitrogen and oxygen atoms in total. The zero-order valence-corrected chi connectivity index (χ0v) is 15.7. The van der Waals surface area contributed by atoms with Gasteiger partial charge in [0.05, 0.1) is 13.3 Å². The van der Waals surface area contributed by atoms with E-state index in [-0.39, 0.29) is 0 Å². The molecule has 2 aromatic heterocycles. The number of aromatic nitrogens is 4. The fourth-order valence-corrected chi connectivity index (χ4v) is 3.46. The van der Waals surface area contributed by atoms with E-state index in [0.717, 1.165) is 55.5 Å². The van der Waals surface area contributed by atoms with E-state index in [1.54, 1.807) is 19.5 Å². The van der Waals surface area contributed by atoms with Crippen LogP contribution in [0.15, 0.2) is 49.1 Å². The number of methoxy groups -OCH3 is 1. The summed E-state index contributed by atoms with van der Waals surface area (Å²) in [4.78, 5) is 13.4. The van der Waals surface area contributed by atoms with Crippen molar-refractivity contribution in [3.63, 3.8) is 0 Å². The van der Waals surface area contributed by atoms with Crippen LogP contribution in [-0.4, -0.2) is 57.9 Å². The molecule has 1 fully saturated rings. The number of hydrogen-bond acceptors (Lipinski definition) is 6. The summed E-state index contributed by atoms with van der Waals surface area (Å²) in [6.07, 6.45) is 7.48. The Balaban J connectivity index is 1.44. The Morgan fingerprint density at radius 3 is 2.52 bits per heavy atom. The summed E-state index contributed by atoms with van der Waals surface area (Å²) >= 11 is 0. The van der Waals surface area contributed by atoms with Gasteiger partial charge in [0, 0.05) is 69.5 Å². The minimum Gasteiger partial charge on any atom is -0.496 e. The topological polar surface area (TPSA) is 59.3 Å². The Morgan fingerprint density at radius 2 is 1.85 bits per heavy atom. The van der Waals surface area contributed by atoms with Crippen LogP contribution in [0.3, 0.4) is 0 Å². The third-order valence-electron chi connectivity index (χ3n) is 4.89. The highest BCUT2D eigenvalue weighted by atomic mass is 16.5. The van der Waals surface area contributed by atoms with E-state index >= 15 is 0 Å². The van der Waals surface area contributed by atoms with Crippen LogP contribution in [0.5, 0.6) is 5.75 Å². The first-order valence-electron chi connectivity index (χ1n) is 9.13. The predicted molar refractivity (Wildman–Crippen MR) is 105 cm³/mol. The molecule has 0 radical (unpaired) electrons. The molecule has 0 spiro atoms. The summed E-state index contributed by atoms with van der Waals surface area (Å²) < 4.78 is 7.36. The van der Waals surface area contributed by atoms with Crippen molar-refractivity contribution in [1.82, 2.24) is 24.6 Å². The van der Waals surface area contributed by atoms with E-state index < -0.39 is 0 Å². The van der Waals surface area contributed by atoms with E-state index in [1.165, 1.54) is 5.56 Å². The molecule has 1 aliphatic heterocycles. The molecule has 4 rings (SSSR count). The summed E-state index contributed by atoms with van der Waals surface area (Å²) in [5.74, 6) is 1.69. The molecule has 140 valence electrons. The van der Waals surface area contributed by atoms with E-state index in [2.05, 4.69) is 37.0 Å². The van der Waals surface area contributed by atoms with Crippen molar-refractivity contribution in [2.24, 2.45) is 7.05 Å². The molecular weight excluding hydrogens is 340 g/mol. The van der Waals surface area contributed by atoms with Gasteiger partial charge in [-0.05, 0) is 23.8 Å². The van der Waals surface area contributed by atoms with Crippen LogP contribution >= 0.6 is 0 Å². The zero-order chi connectivity index (χ0) is 18.6. The van der Waals surface area contributed by atoms with Crippen molar-refractivity contribution in [1.29, 1.82) is 0 Å². The van der Waals surface area contributed by atoms with E-state index in [1.807, 2.05) is 36.3 Å². The highest BCUT2D eigenvalue weighted by Gasteiger charge is 2.19. The molecule has 0 unspecified atom stereocenters. The number of piperazine rings is 1. The van der Waals surface area contributed by atoms with Gasteiger partial charge in [-0.25, -0.2) is 9.97 Å². The van der Waals surface area contributed by atoms with Gasteiger partial charge < -0.3 is 9.64 Å². The first-order valence-corrected chi connectivity index (χ1v) is 9.13. The molecule has 0 atom stereocenters. The molecule has 0 amide bonds. The van der Waals surface area contributed by atoms with Crippen molar-refractivity contribution in [2.45, 2.75) is 6.54 Å². The van der Waals surface area contributed by atoms with Crippen molar-refractivity contribution in [2.75, 3.05) is 38.2 Å². The quantitative estimate of drug-likeness (QED) is 0.692. The first-order chi connectivity index (χ1) is 13.2. The van der Waals surface area contributed by atoms with Gasteiger partial charge in [0.1, 0.15) is 5.75 Å². The number of anilines is 1. The van der Waals surface area contributed by atoms with Gasteiger partial charge in [-0.1, -0.05) is 6.07 Å².